The van der Waals surface area contributed by atoms with Gasteiger partial charge in [0.2, 0.25) is 5.91 Å². The maximum absolute atomic E-state index is 12.9. The normalized spacial score (nSPS) is 20.5. The molecule has 0 radical (unpaired) electrons. The topological polar surface area (TPSA) is 67.4 Å². The van der Waals surface area contributed by atoms with Gasteiger partial charge in [0.25, 0.3) is 5.91 Å². The highest BCUT2D eigenvalue weighted by molar-refractivity contribution is 5.97. The van der Waals surface area contributed by atoms with E-state index in [2.05, 4.69) is 29.3 Å². The number of ether oxygens (including phenoxy) is 1. The van der Waals surface area contributed by atoms with E-state index in [1.54, 1.807) is 19.2 Å². The fourth-order valence-electron chi connectivity index (χ4n) is 4.40. The molecule has 2 aromatic carbocycles. The first-order valence-corrected chi connectivity index (χ1v) is 10.8. The van der Waals surface area contributed by atoms with Gasteiger partial charge in [0, 0.05) is 24.4 Å². The fourth-order valence-corrected chi connectivity index (χ4v) is 4.40. The largest absolute Gasteiger partial charge is 0.496 e. The molecule has 0 atom stereocenters. The van der Waals surface area contributed by atoms with Crippen LogP contribution in [0.4, 0.5) is 0 Å². The molecule has 2 aromatic rings. The summed E-state index contributed by atoms with van der Waals surface area (Å²) in [6.45, 7) is 6.23. The molecule has 0 heterocycles. The average molecular weight is 421 g/mol. The van der Waals surface area contributed by atoms with Gasteiger partial charge in [-0.25, -0.2) is 0 Å². The first-order valence-electron chi connectivity index (χ1n) is 10.8. The molecule has 1 fully saturated rings. The minimum atomic E-state index is -0.158. The number of hydrogen-bond acceptors (Lipinski definition) is 3. The van der Waals surface area contributed by atoms with Gasteiger partial charge in [-0.1, -0.05) is 54.6 Å². The predicted molar refractivity (Wildman–Crippen MR) is 123 cm³/mol. The van der Waals surface area contributed by atoms with E-state index in [-0.39, 0.29) is 23.3 Å². The smallest absolute Gasteiger partial charge is 0.255 e. The van der Waals surface area contributed by atoms with E-state index >= 15 is 0 Å². The second-order valence-electron chi connectivity index (χ2n) is 8.50. The third-order valence-electron chi connectivity index (χ3n) is 6.10. The number of methoxy groups -OCH3 is 1. The third-order valence-corrected chi connectivity index (χ3v) is 6.10. The minimum Gasteiger partial charge on any atom is -0.496 e. The molecule has 2 amide bonds. The maximum Gasteiger partial charge on any atom is 0.255 e. The summed E-state index contributed by atoms with van der Waals surface area (Å²) in [4.78, 5) is 25.0. The van der Waals surface area contributed by atoms with E-state index < -0.39 is 0 Å². The van der Waals surface area contributed by atoms with Crippen LogP contribution < -0.4 is 15.4 Å². The second kappa shape index (κ2) is 10.3. The van der Waals surface area contributed by atoms with Gasteiger partial charge in [-0.3, -0.25) is 9.59 Å². The van der Waals surface area contributed by atoms with Crippen LogP contribution in [0.3, 0.4) is 0 Å². The van der Waals surface area contributed by atoms with Crippen molar-refractivity contribution in [3.8, 4) is 5.75 Å². The van der Waals surface area contributed by atoms with E-state index in [0.29, 0.717) is 24.3 Å². The molecule has 0 spiro atoms. The molecular formula is C26H32N2O3. The number of carbonyl (C=O) groups excluding carboxylic acids is 2. The quantitative estimate of drug-likeness (QED) is 0.623. The Balaban J connectivity index is 1.71. The lowest BCUT2D eigenvalue weighted by Crippen LogP contribution is -2.47. The lowest BCUT2D eigenvalue weighted by atomic mass is 9.68. The van der Waals surface area contributed by atoms with Crippen molar-refractivity contribution in [1.29, 1.82) is 0 Å². The molecule has 3 rings (SSSR count). The standard InChI is InChI=1S/C26H32N2O3/c1-19(2)17-24(29)28-21-13-15-26(16-14-21,20-9-5-4-6-10-20)18-27-25(30)22-11-7-8-12-23(22)31-3/h4-12,21H,1,13-18H2,2-3H3,(H,27,30)(H,28,29)/t21-,26+. The zero-order valence-electron chi connectivity index (χ0n) is 18.4. The molecule has 0 aromatic heterocycles. The molecule has 1 saturated carbocycles. The monoisotopic (exact) mass is 420 g/mol. The minimum absolute atomic E-state index is 0.0363. The Hall–Kier alpha value is -3.08. The van der Waals surface area contributed by atoms with Gasteiger partial charge in [-0.15, -0.1) is 0 Å². The zero-order valence-corrected chi connectivity index (χ0v) is 18.4. The van der Waals surface area contributed by atoms with Crippen molar-refractivity contribution in [3.05, 3.63) is 77.9 Å². The van der Waals surface area contributed by atoms with E-state index in [9.17, 15) is 9.59 Å². The van der Waals surface area contributed by atoms with Crippen LogP contribution in [0.15, 0.2) is 66.7 Å². The van der Waals surface area contributed by atoms with Gasteiger partial charge in [-0.05, 0) is 50.3 Å². The van der Waals surface area contributed by atoms with Crippen LogP contribution in [0.2, 0.25) is 0 Å². The van der Waals surface area contributed by atoms with Crippen molar-refractivity contribution in [2.45, 2.75) is 50.5 Å². The highest BCUT2D eigenvalue weighted by Crippen LogP contribution is 2.39. The van der Waals surface area contributed by atoms with Crippen LogP contribution in [-0.2, 0) is 10.2 Å². The van der Waals surface area contributed by atoms with Crippen LogP contribution >= 0.6 is 0 Å². The second-order valence-corrected chi connectivity index (χ2v) is 8.50. The zero-order chi connectivity index (χ0) is 22.3. The highest BCUT2D eigenvalue weighted by atomic mass is 16.5. The number of benzene rings is 2. The maximum atomic E-state index is 12.9. The predicted octanol–water partition coefficient (Wildman–Crippen LogP) is 4.39. The number of para-hydroxylation sites is 1. The van der Waals surface area contributed by atoms with Gasteiger partial charge < -0.3 is 15.4 Å². The summed E-state index contributed by atoms with van der Waals surface area (Å²) in [6.07, 6.45) is 3.90. The van der Waals surface area contributed by atoms with Crippen molar-refractivity contribution < 1.29 is 14.3 Å². The Morgan fingerprint density at radius 2 is 1.71 bits per heavy atom. The van der Waals surface area contributed by atoms with Crippen molar-refractivity contribution in [1.82, 2.24) is 10.6 Å². The Labute approximate surface area is 184 Å². The summed E-state index contributed by atoms with van der Waals surface area (Å²) in [7, 11) is 1.57. The summed E-state index contributed by atoms with van der Waals surface area (Å²) < 4.78 is 5.34. The molecule has 5 heteroatoms. The van der Waals surface area contributed by atoms with E-state index in [4.69, 9.17) is 4.74 Å². The molecule has 164 valence electrons. The van der Waals surface area contributed by atoms with E-state index in [1.165, 1.54) is 5.56 Å². The van der Waals surface area contributed by atoms with E-state index in [0.717, 1.165) is 31.3 Å². The van der Waals surface area contributed by atoms with Gasteiger partial charge in [0.15, 0.2) is 0 Å². The first kappa shape index (κ1) is 22.6. The van der Waals surface area contributed by atoms with Crippen LogP contribution in [0, 0.1) is 0 Å². The Bertz CT molecular complexity index is 915. The molecule has 0 saturated heterocycles. The Kier molecular flexibility index (Phi) is 7.50. The molecule has 2 N–H and O–H groups in total. The van der Waals surface area contributed by atoms with Gasteiger partial charge in [-0.2, -0.15) is 0 Å². The SMILES string of the molecule is C=C(C)CC(=O)N[C@H]1CC[C@@](CNC(=O)c2ccccc2OC)(c2ccccc2)CC1. The summed E-state index contributed by atoms with van der Waals surface area (Å²) in [6, 6.07) is 17.8. The summed E-state index contributed by atoms with van der Waals surface area (Å²) in [5.74, 6) is 0.469. The molecule has 0 aliphatic heterocycles. The van der Waals surface area contributed by atoms with E-state index in [1.807, 2.05) is 37.3 Å². The van der Waals surface area contributed by atoms with Crippen LogP contribution in [0.5, 0.6) is 5.75 Å². The lowest BCUT2D eigenvalue weighted by molar-refractivity contribution is -0.121. The van der Waals surface area contributed by atoms with Crippen LogP contribution in [0.1, 0.15) is 54.9 Å². The number of rotatable bonds is 8. The van der Waals surface area contributed by atoms with Gasteiger partial charge in [0.05, 0.1) is 12.7 Å². The summed E-state index contributed by atoms with van der Waals surface area (Å²) in [5.41, 5.74) is 2.47. The van der Waals surface area contributed by atoms with Crippen molar-refractivity contribution in [3.63, 3.8) is 0 Å². The molecular weight excluding hydrogens is 388 g/mol. The first-order chi connectivity index (χ1) is 14.9. The number of hydrogen-bond donors (Lipinski definition) is 2. The van der Waals surface area contributed by atoms with Gasteiger partial charge >= 0.3 is 0 Å². The summed E-state index contributed by atoms with van der Waals surface area (Å²) in [5, 5.41) is 6.29. The number of amides is 2. The number of carbonyl (C=O) groups is 2. The molecule has 1 aliphatic rings. The Morgan fingerprint density at radius 3 is 2.35 bits per heavy atom. The lowest BCUT2D eigenvalue weighted by Gasteiger charge is -2.41. The third kappa shape index (κ3) is 5.75. The van der Waals surface area contributed by atoms with Crippen molar-refractivity contribution in [2.24, 2.45) is 0 Å². The molecule has 0 unspecified atom stereocenters. The molecule has 0 bridgehead atoms. The van der Waals surface area contributed by atoms with Crippen LogP contribution in [0.25, 0.3) is 0 Å². The molecule has 5 nitrogen and oxygen atoms in total. The van der Waals surface area contributed by atoms with Crippen molar-refractivity contribution >= 4 is 11.8 Å². The van der Waals surface area contributed by atoms with Gasteiger partial charge in [0.1, 0.15) is 5.75 Å². The Morgan fingerprint density at radius 1 is 1.06 bits per heavy atom. The van der Waals surface area contributed by atoms with Crippen molar-refractivity contribution in [2.75, 3.05) is 13.7 Å². The molecule has 31 heavy (non-hydrogen) atoms. The number of nitrogens with one attached hydrogen (secondary N) is 2. The highest BCUT2D eigenvalue weighted by Gasteiger charge is 2.37. The molecule has 1 aliphatic carbocycles. The van der Waals surface area contributed by atoms with Crippen LogP contribution in [-0.4, -0.2) is 31.5 Å². The average Bonchev–Trinajstić information content (AvgIpc) is 2.78. The fraction of sp³-hybridized carbons (Fsp3) is 0.385. The summed E-state index contributed by atoms with van der Waals surface area (Å²) >= 11 is 0.